The predicted octanol–water partition coefficient (Wildman–Crippen LogP) is 3.85. The average Bonchev–Trinajstić information content (AvgIpc) is 3.29. The molecule has 1 fully saturated rings. The number of nitrogens with one attached hydrogen (secondary N) is 1. The fourth-order valence-corrected chi connectivity index (χ4v) is 5.65. The lowest BCUT2D eigenvalue weighted by atomic mass is 10.00. The highest BCUT2D eigenvalue weighted by Gasteiger charge is 2.36. The molecule has 0 bridgehead atoms. The maximum absolute atomic E-state index is 14.0. The van der Waals surface area contributed by atoms with Crippen LogP contribution in [0.25, 0.3) is 0 Å². The van der Waals surface area contributed by atoms with Gasteiger partial charge in [-0.15, -0.1) is 0 Å². The Labute approximate surface area is 223 Å². The van der Waals surface area contributed by atoms with Crippen LogP contribution in [-0.4, -0.2) is 67.3 Å². The summed E-state index contributed by atoms with van der Waals surface area (Å²) >= 11 is 5.98. The number of likely N-dealkylation sites (tertiary alicyclic amines) is 1. The van der Waals surface area contributed by atoms with Crippen molar-refractivity contribution in [1.82, 2.24) is 15.1 Å². The van der Waals surface area contributed by atoms with Gasteiger partial charge in [-0.2, -0.15) is 13.2 Å². The first-order chi connectivity index (χ1) is 17.6. The van der Waals surface area contributed by atoms with E-state index in [1.54, 1.807) is 4.90 Å². The molecular weight excluding hydrogens is 549 g/mol. The van der Waals surface area contributed by atoms with Gasteiger partial charge >= 0.3 is 12.3 Å². The molecule has 0 spiro atoms. The Morgan fingerprint density at radius 2 is 1.92 bits per heavy atom. The molecule has 2 amide bonds. The van der Waals surface area contributed by atoms with Crippen LogP contribution >= 0.6 is 11.6 Å². The Hall–Kier alpha value is -3.03. The second-order valence-electron chi connectivity index (χ2n) is 9.00. The van der Waals surface area contributed by atoms with Crippen molar-refractivity contribution in [2.24, 2.45) is 0 Å². The second-order valence-corrected chi connectivity index (χ2v) is 11.7. The summed E-state index contributed by atoms with van der Waals surface area (Å²) in [5.74, 6) is -1.10. The monoisotopic (exact) mass is 576 g/mol. The lowest BCUT2D eigenvalue weighted by Crippen LogP contribution is -2.38. The molecule has 0 aliphatic carbocycles. The second kappa shape index (κ2) is 11.4. The quantitative estimate of drug-likeness (QED) is 0.407. The lowest BCUT2D eigenvalue weighted by molar-refractivity contribution is -0.138. The van der Waals surface area contributed by atoms with Gasteiger partial charge in [0.1, 0.15) is 0 Å². The van der Waals surface area contributed by atoms with E-state index in [1.807, 2.05) is 0 Å². The summed E-state index contributed by atoms with van der Waals surface area (Å²) in [4.78, 5) is 26.8. The number of carbonyl (C=O) groups excluding carboxylic acids is 1. The number of halogens is 4. The zero-order chi connectivity index (χ0) is 28.4. The fraction of sp³-hybridized carbons (Fsp3) is 0.417. The Balaban J connectivity index is 1.84. The number of likely N-dealkylation sites (N-methyl/N-ethyl adjacent to an activating group) is 1. The van der Waals surface area contributed by atoms with Crippen molar-refractivity contribution in [3.05, 3.63) is 57.6 Å². The van der Waals surface area contributed by atoms with Crippen LogP contribution in [0.3, 0.4) is 0 Å². The largest absolute Gasteiger partial charge is 0.465 e. The summed E-state index contributed by atoms with van der Waals surface area (Å²) in [6.07, 6.45) is -5.44. The normalized spacial score (nSPS) is 16.4. The molecule has 0 saturated carbocycles. The average molecular weight is 577 g/mol. The molecule has 1 atom stereocenters. The van der Waals surface area contributed by atoms with Crippen LogP contribution < -0.4 is 11.1 Å². The molecule has 208 valence electrons. The summed E-state index contributed by atoms with van der Waals surface area (Å²) in [6, 6.07) is 5.49. The van der Waals surface area contributed by atoms with Crippen LogP contribution in [0.15, 0.2) is 35.2 Å². The third-order valence-electron chi connectivity index (χ3n) is 6.49. The van der Waals surface area contributed by atoms with Crippen molar-refractivity contribution in [3.8, 4) is 0 Å². The number of alkyl halides is 3. The van der Waals surface area contributed by atoms with Crippen molar-refractivity contribution in [1.29, 1.82) is 0 Å². The van der Waals surface area contributed by atoms with Gasteiger partial charge in [0.25, 0.3) is 5.91 Å². The summed E-state index contributed by atoms with van der Waals surface area (Å²) in [5, 5.41) is 11.8. The van der Waals surface area contributed by atoms with Crippen LogP contribution in [0.2, 0.25) is 5.02 Å². The molecule has 1 saturated heterocycles. The SMILES string of the molecule is CCS(=O)(=O)c1ccc(Cl)cc1CNC(=O)c1cc(C(F)(F)F)c(CN2CC[C@@H](N(C)C(=O)O)C2)cc1N. The molecule has 9 nitrogen and oxygen atoms in total. The van der Waals surface area contributed by atoms with Crippen molar-refractivity contribution >= 4 is 39.1 Å². The summed E-state index contributed by atoms with van der Waals surface area (Å²) in [6.45, 7) is 1.67. The zero-order valence-electron chi connectivity index (χ0n) is 20.7. The number of anilines is 1. The Kier molecular flexibility index (Phi) is 8.84. The number of carbonyl (C=O) groups is 2. The molecular formula is C24H28ClF3N4O5S. The Morgan fingerprint density at radius 3 is 2.53 bits per heavy atom. The van der Waals surface area contributed by atoms with Gasteiger partial charge < -0.3 is 21.1 Å². The first kappa shape index (κ1) is 29.5. The molecule has 4 N–H and O–H groups in total. The highest BCUT2D eigenvalue weighted by molar-refractivity contribution is 7.91. The summed E-state index contributed by atoms with van der Waals surface area (Å²) in [7, 11) is -2.24. The summed E-state index contributed by atoms with van der Waals surface area (Å²) in [5.41, 5.74) is 4.40. The molecule has 3 rings (SSSR count). The molecule has 2 aromatic rings. The molecule has 1 aliphatic heterocycles. The van der Waals surface area contributed by atoms with Crippen LogP contribution in [0.4, 0.5) is 23.7 Å². The van der Waals surface area contributed by atoms with Crippen molar-refractivity contribution in [2.75, 3.05) is 31.6 Å². The van der Waals surface area contributed by atoms with Crippen molar-refractivity contribution < 1.29 is 36.3 Å². The number of hydrogen-bond acceptors (Lipinski definition) is 6. The Bertz CT molecular complexity index is 1340. The number of nitrogen functional groups attached to an aromatic ring is 1. The summed E-state index contributed by atoms with van der Waals surface area (Å²) < 4.78 is 66.7. The number of nitrogens with two attached hydrogens (primary N) is 1. The Morgan fingerprint density at radius 1 is 1.24 bits per heavy atom. The van der Waals surface area contributed by atoms with E-state index in [0.717, 1.165) is 11.0 Å². The van der Waals surface area contributed by atoms with E-state index in [-0.39, 0.29) is 58.2 Å². The topological polar surface area (TPSA) is 133 Å². The number of carboxylic acid groups (broad SMARTS) is 1. The van der Waals surface area contributed by atoms with E-state index in [2.05, 4.69) is 5.32 Å². The number of hydrogen-bond donors (Lipinski definition) is 3. The van der Waals surface area contributed by atoms with Gasteiger partial charge in [0, 0.05) is 50.0 Å². The van der Waals surface area contributed by atoms with Gasteiger partial charge in [0.05, 0.1) is 21.8 Å². The molecule has 1 aliphatic rings. The first-order valence-corrected chi connectivity index (χ1v) is 13.6. The van der Waals surface area contributed by atoms with Gasteiger partial charge in [-0.05, 0) is 47.9 Å². The fourth-order valence-electron chi connectivity index (χ4n) is 4.34. The van der Waals surface area contributed by atoms with E-state index in [9.17, 15) is 31.2 Å². The highest BCUT2D eigenvalue weighted by Crippen LogP contribution is 2.36. The van der Waals surface area contributed by atoms with Crippen molar-refractivity contribution in [2.45, 2.75) is 43.5 Å². The minimum Gasteiger partial charge on any atom is -0.465 e. The third-order valence-corrected chi connectivity index (χ3v) is 8.56. The van der Waals surface area contributed by atoms with Crippen molar-refractivity contribution in [3.63, 3.8) is 0 Å². The molecule has 0 aromatic heterocycles. The smallest absolute Gasteiger partial charge is 0.416 e. The number of rotatable bonds is 8. The molecule has 14 heteroatoms. The highest BCUT2D eigenvalue weighted by atomic mass is 35.5. The van der Waals surface area contributed by atoms with Gasteiger partial charge in [-0.25, -0.2) is 13.2 Å². The molecule has 0 unspecified atom stereocenters. The van der Waals surface area contributed by atoms with Gasteiger partial charge in [0.2, 0.25) is 0 Å². The lowest BCUT2D eigenvalue weighted by Gasteiger charge is -2.23. The van der Waals surface area contributed by atoms with E-state index in [0.29, 0.717) is 19.0 Å². The number of nitrogens with zero attached hydrogens (tertiary/aromatic N) is 2. The zero-order valence-corrected chi connectivity index (χ0v) is 22.3. The van der Waals surface area contributed by atoms with Gasteiger partial charge in [0.15, 0.2) is 9.84 Å². The van der Waals surface area contributed by atoms with E-state index < -0.39 is 39.1 Å². The number of amides is 2. The van der Waals surface area contributed by atoms with Crippen LogP contribution in [0, 0.1) is 0 Å². The van der Waals surface area contributed by atoms with Crippen LogP contribution in [0.5, 0.6) is 0 Å². The van der Waals surface area contributed by atoms with E-state index >= 15 is 0 Å². The van der Waals surface area contributed by atoms with E-state index in [4.69, 9.17) is 22.4 Å². The minimum absolute atomic E-state index is 0.0403. The molecule has 2 aromatic carbocycles. The van der Waals surface area contributed by atoms with Crippen LogP contribution in [-0.2, 0) is 29.1 Å². The standard InChI is InChI=1S/C24H28ClF3N4O5S/c1-3-38(36,37)21-5-4-16(25)8-14(21)11-30-22(33)18-10-19(24(26,27)28)15(9-20(18)29)12-32-7-6-17(13-32)31(2)23(34)35/h4-5,8-10,17H,3,6-7,11-13,29H2,1-2H3,(H,30,33)(H,34,35)/t17-/m1/s1. The molecule has 38 heavy (non-hydrogen) atoms. The van der Waals surface area contributed by atoms with Gasteiger partial charge in [-0.1, -0.05) is 18.5 Å². The van der Waals surface area contributed by atoms with Crippen LogP contribution in [0.1, 0.15) is 40.4 Å². The maximum atomic E-state index is 14.0. The minimum atomic E-state index is -4.79. The molecule has 1 heterocycles. The van der Waals surface area contributed by atoms with E-state index in [1.165, 1.54) is 32.2 Å². The maximum Gasteiger partial charge on any atom is 0.416 e. The number of sulfone groups is 1. The third kappa shape index (κ3) is 6.69. The van der Waals surface area contributed by atoms with Gasteiger partial charge in [-0.3, -0.25) is 9.69 Å². The first-order valence-electron chi connectivity index (χ1n) is 11.6. The predicted molar refractivity (Wildman–Crippen MR) is 136 cm³/mol. The molecule has 0 radical (unpaired) electrons. The number of benzene rings is 2.